The maximum atomic E-state index is 14.5. The van der Waals surface area contributed by atoms with E-state index in [0.29, 0.717) is 0 Å². The smallest absolute Gasteiger partial charge is 0.363 e. The largest absolute Gasteiger partial charge is 0.437 e. The molecule has 0 amide bonds. The number of alkyl halides is 3. The molecule has 3 atom stereocenters. The van der Waals surface area contributed by atoms with Crippen molar-refractivity contribution in [3.05, 3.63) is 104 Å². The van der Waals surface area contributed by atoms with E-state index >= 15 is 0 Å². The van der Waals surface area contributed by atoms with Crippen molar-refractivity contribution >= 4 is 40.5 Å². The number of carbonyl (C=O) groups excluding carboxylic acids is 1. The molecule has 180 valence electrons. The Bertz CT molecular complexity index is 1290. The normalized spacial score (nSPS) is 22.4. The number of thiophene rings is 1. The molecule has 0 radical (unpaired) electrons. The van der Waals surface area contributed by atoms with Crippen molar-refractivity contribution in [2.24, 2.45) is 5.92 Å². The Morgan fingerprint density at radius 3 is 2.43 bits per heavy atom. The number of ketones is 1. The summed E-state index contributed by atoms with van der Waals surface area (Å²) in [4.78, 5) is 13.5. The highest BCUT2D eigenvalue weighted by Crippen LogP contribution is 2.52. The summed E-state index contributed by atoms with van der Waals surface area (Å²) < 4.78 is 43.6. The second-order valence-electron chi connectivity index (χ2n) is 7.84. The van der Waals surface area contributed by atoms with E-state index < -0.39 is 29.5 Å². The van der Waals surface area contributed by atoms with Gasteiger partial charge in [0.2, 0.25) is 5.72 Å². The lowest BCUT2D eigenvalue weighted by molar-refractivity contribution is -0.285. The Morgan fingerprint density at radius 1 is 1.14 bits per heavy atom. The van der Waals surface area contributed by atoms with Crippen LogP contribution in [0, 0.1) is 17.2 Å². The van der Waals surface area contributed by atoms with Gasteiger partial charge in [-0.1, -0.05) is 66.2 Å². The predicted octanol–water partition coefficient (Wildman–Crippen LogP) is 6.51. The molecule has 35 heavy (non-hydrogen) atoms. The van der Waals surface area contributed by atoms with Crippen molar-refractivity contribution in [2.75, 3.05) is 0 Å². The third-order valence-corrected chi connectivity index (χ3v) is 8.03. The molecule has 2 heterocycles. The van der Waals surface area contributed by atoms with E-state index in [0.717, 1.165) is 28.7 Å². The van der Waals surface area contributed by atoms with Crippen LogP contribution in [0.4, 0.5) is 13.2 Å². The fraction of sp³-hybridized carbons (Fsp3) is 0.200. The number of carbonyl (C=O) groups is 1. The van der Waals surface area contributed by atoms with E-state index in [4.69, 9.17) is 11.6 Å². The molecule has 0 saturated heterocycles. The van der Waals surface area contributed by atoms with Crippen LogP contribution < -0.4 is 5.32 Å². The van der Waals surface area contributed by atoms with Crippen molar-refractivity contribution in [2.45, 2.75) is 23.6 Å². The number of hydrogen-bond donors (Lipinski definition) is 2. The van der Waals surface area contributed by atoms with E-state index in [1.165, 1.54) is 24.3 Å². The topological polar surface area (TPSA) is 73.1 Å². The van der Waals surface area contributed by atoms with Crippen LogP contribution in [0.15, 0.2) is 82.7 Å². The molecule has 4 nitrogen and oxygen atoms in total. The number of nitriles is 1. The van der Waals surface area contributed by atoms with Gasteiger partial charge in [0.05, 0.1) is 27.5 Å². The van der Waals surface area contributed by atoms with Crippen LogP contribution in [0.2, 0.25) is 5.02 Å². The van der Waals surface area contributed by atoms with Gasteiger partial charge in [0, 0.05) is 16.7 Å². The molecule has 0 saturated carbocycles. The molecule has 4 rings (SSSR count). The summed E-state index contributed by atoms with van der Waals surface area (Å²) in [6.45, 7) is 0. The van der Waals surface area contributed by atoms with Crippen molar-refractivity contribution in [1.29, 1.82) is 5.26 Å². The molecule has 2 aromatic carbocycles. The van der Waals surface area contributed by atoms with E-state index in [-0.39, 0.29) is 31.8 Å². The molecule has 3 aromatic rings. The number of halogens is 4. The van der Waals surface area contributed by atoms with Gasteiger partial charge in [-0.3, -0.25) is 4.79 Å². The Kier molecular flexibility index (Phi) is 7.29. The number of aliphatic hydroxyl groups is 1. The molecule has 1 aliphatic rings. The monoisotopic (exact) mass is 534 g/mol. The number of thioether (sulfide) groups is 1. The number of rotatable bonds is 6. The van der Waals surface area contributed by atoms with E-state index in [2.05, 4.69) is 5.32 Å². The average Bonchev–Trinajstić information content (AvgIpc) is 3.37. The van der Waals surface area contributed by atoms with Crippen LogP contribution in [0.3, 0.4) is 0 Å². The molecular formula is C25H18ClF3N2O2S2. The highest BCUT2D eigenvalue weighted by atomic mass is 35.5. The van der Waals surface area contributed by atoms with E-state index in [1.54, 1.807) is 41.8 Å². The van der Waals surface area contributed by atoms with Crippen LogP contribution >= 0.6 is 34.7 Å². The minimum absolute atomic E-state index is 0.0363. The molecule has 0 spiro atoms. The van der Waals surface area contributed by atoms with Gasteiger partial charge in [-0.2, -0.15) is 18.4 Å². The zero-order valence-corrected chi connectivity index (χ0v) is 20.3. The molecule has 0 aliphatic carbocycles. The lowest BCUT2D eigenvalue weighted by Crippen LogP contribution is -2.66. The minimum Gasteiger partial charge on any atom is -0.363 e. The van der Waals surface area contributed by atoms with Crippen molar-refractivity contribution in [3.8, 4) is 6.07 Å². The van der Waals surface area contributed by atoms with Crippen LogP contribution in [0.1, 0.15) is 26.7 Å². The Hall–Kier alpha value is -2.77. The number of Topliss-reactive ketones (excluding diaryl/α,β-unsaturated/α-hetero) is 1. The molecule has 1 aliphatic heterocycles. The molecule has 0 unspecified atom stereocenters. The number of nitrogens with one attached hydrogen (secondary N) is 1. The SMILES string of the molecule is N#CC1=C(SCc2ccccc2)N[C@](O)(C(F)(F)F)[C@@H](C(=O)c2cccs2)[C@@H]1c1ccccc1Cl. The molecule has 2 N–H and O–H groups in total. The van der Waals surface area contributed by atoms with Gasteiger partial charge < -0.3 is 10.4 Å². The molecule has 1 aromatic heterocycles. The Morgan fingerprint density at radius 2 is 1.83 bits per heavy atom. The molecular weight excluding hydrogens is 517 g/mol. The van der Waals surface area contributed by atoms with Gasteiger partial charge in [-0.15, -0.1) is 23.1 Å². The van der Waals surface area contributed by atoms with Crippen LogP contribution in [0.25, 0.3) is 0 Å². The van der Waals surface area contributed by atoms with Crippen molar-refractivity contribution in [1.82, 2.24) is 5.32 Å². The van der Waals surface area contributed by atoms with E-state index in [1.807, 2.05) is 12.1 Å². The van der Waals surface area contributed by atoms with Crippen molar-refractivity contribution < 1.29 is 23.1 Å². The first kappa shape index (κ1) is 25.3. The third-order valence-electron chi connectivity index (χ3n) is 5.71. The van der Waals surface area contributed by atoms with Gasteiger partial charge in [0.1, 0.15) is 0 Å². The van der Waals surface area contributed by atoms with E-state index in [9.17, 15) is 28.3 Å². The fourth-order valence-corrected chi connectivity index (χ4v) is 6.07. The molecule has 10 heteroatoms. The standard InChI is InChI=1S/C25H18ClF3N2O2S2/c26-18-10-5-4-9-16(18)20-17(13-30)23(35-14-15-7-2-1-3-8-15)31-24(33,25(27,28)29)21(20)22(32)19-11-6-12-34-19/h1-12,20-21,31,33H,14H2/t20-,21-,24-/m1/s1. The zero-order chi connectivity index (χ0) is 25.2. The predicted molar refractivity (Wildman–Crippen MR) is 131 cm³/mol. The Balaban J connectivity index is 1.92. The number of nitrogens with zero attached hydrogens (tertiary/aromatic N) is 1. The van der Waals surface area contributed by atoms with Gasteiger partial charge in [-0.05, 0) is 28.6 Å². The van der Waals surface area contributed by atoms with Crippen LogP contribution in [-0.4, -0.2) is 22.8 Å². The van der Waals surface area contributed by atoms with Gasteiger partial charge >= 0.3 is 6.18 Å². The summed E-state index contributed by atoms with van der Waals surface area (Å²) >= 11 is 8.29. The maximum Gasteiger partial charge on any atom is 0.437 e. The van der Waals surface area contributed by atoms with Gasteiger partial charge in [0.25, 0.3) is 0 Å². The number of hydrogen-bond acceptors (Lipinski definition) is 6. The summed E-state index contributed by atoms with van der Waals surface area (Å²) in [6.07, 6.45) is -5.25. The van der Waals surface area contributed by atoms with Gasteiger partial charge in [0.15, 0.2) is 5.78 Å². The fourth-order valence-electron chi connectivity index (χ4n) is 4.05. The molecule has 0 fully saturated rings. The van der Waals surface area contributed by atoms with Crippen molar-refractivity contribution in [3.63, 3.8) is 0 Å². The first-order chi connectivity index (χ1) is 16.7. The van der Waals surface area contributed by atoms with Crippen LogP contribution in [0.5, 0.6) is 0 Å². The lowest BCUT2D eigenvalue weighted by atomic mass is 9.70. The maximum absolute atomic E-state index is 14.5. The summed E-state index contributed by atoms with van der Waals surface area (Å²) in [5.41, 5.74) is -2.77. The quantitative estimate of drug-likeness (QED) is 0.353. The highest BCUT2D eigenvalue weighted by molar-refractivity contribution is 8.02. The second-order valence-corrected chi connectivity index (χ2v) is 10.2. The first-order valence-corrected chi connectivity index (χ1v) is 12.6. The van der Waals surface area contributed by atoms with Gasteiger partial charge in [-0.25, -0.2) is 0 Å². The average molecular weight is 535 g/mol. The minimum atomic E-state index is -5.25. The molecule has 0 bridgehead atoms. The van der Waals surface area contributed by atoms with Crippen LogP contribution in [-0.2, 0) is 5.75 Å². The first-order valence-electron chi connectivity index (χ1n) is 10.4. The summed E-state index contributed by atoms with van der Waals surface area (Å²) in [7, 11) is 0. The zero-order valence-electron chi connectivity index (χ0n) is 17.9. The Labute approximate surface area is 213 Å². The second kappa shape index (κ2) is 10.1. The number of allylic oxidation sites excluding steroid dienone is 1. The number of benzene rings is 2. The highest BCUT2D eigenvalue weighted by Gasteiger charge is 2.66. The third kappa shape index (κ3) is 4.84. The summed E-state index contributed by atoms with van der Waals surface area (Å²) in [5.74, 6) is -4.22. The lowest BCUT2D eigenvalue weighted by Gasteiger charge is -2.45. The summed E-state index contributed by atoms with van der Waals surface area (Å²) in [5, 5.41) is 24.9. The summed E-state index contributed by atoms with van der Waals surface area (Å²) in [6, 6.07) is 20.0.